The Bertz CT molecular complexity index is 568. The molecule has 2 heteroatoms. The number of benzene rings is 2. The zero-order valence-corrected chi connectivity index (χ0v) is 15.7. The van der Waals surface area contributed by atoms with Crippen molar-refractivity contribution in [3.63, 3.8) is 0 Å². The van der Waals surface area contributed by atoms with E-state index < -0.39 is 0 Å². The summed E-state index contributed by atoms with van der Waals surface area (Å²) in [6.45, 7) is 4.33. The van der Waals surface area contributed by atoms with Gasteiger partial charge < -0.3 is 12.8 Å². The molecular formula is C22H22CuLi. The van der Waals surface area contributed by atoms with Gasteiger partial charge in [-0.05, 0) is 12.8 Å². The Morgan fingerprint density at radius 1 is 0.667 bits per heavy atom. The molecule has 0 aliphatic carbocycles. The van der Waals surface area contributed by atoms with E-state index in [0.29, 0.717) is 0 Å². The smallest absolute Gasteiger partial charge is 0.366 e. The van der Waals surface area contributed by atoms with Gasteiger partial charge in [-0.1, -0.05) is 62.1 Å². The number of hydrogen-bond acceptors (Lipinski definition) is 0. The molecule has 0 unspecified atom stereocenters. The summed E-state index contributed by atoms with van der Waals surface area (Å²) in [7, 11) is 0. The van der Waals surface area contributed by atoms with Gasteiger partial charge in [0.2, 0.25) is 0 Å². The van der Waals surface area contributed by atoms with E-state index >= 15 is 0 Å². The van der Waals surface area contributed by atoms with Gasteiger partial charge in [0.15, 0.2) is 0 Å². The monoisotopic (exact) mass is 356 g/mol. The van der Waals surface area contributed by atoms with Crippen LogP contribution in [-0.2, 0) is 29.9 Å². The first-order valence-electron chi connectivity index (χ1n) is 7.76. The first-order chi connectivity index (χ1) is 10.7. The quantitative estimate of drug-likeness (QED) is 0.420. The predicted molar refractivity (Wildman–Crippen MR) is 99.1 cm³/mol. The first-order valence-corrected chi connectivity index (χ1v) is 7.76. The molecular weight excluding hydrogens is 335 g/mol. The zero-order valence-electron chi connectivity index (χ0n) is 14.7. The van der Waals surface area contributed by atoms with Gasteiger partial charge in [0.1, 0.15) is 0 Å². The summed E-state index contributed by atoms with van der Waals surface area (Å²) in [6.07, 6.45) is 18.3. The molecule has 0 aliphatic rings. The normalized spacial score (nSPS) is 8.33. The maximum Gasteiger partial charge on any atom is 2.00 e. The molecule has 0 saturated carbocycles. The minimum atomic E-state index is 0. The summed E-state index contributed by atoms with van der Waals surface area (Å²) in [5.41, 5.74) is 4.38. The number of rotatable bonds is 4. The van der Waals surface area contributed by atoms with Crippen LogP contribution in [0.5, 0.6) is 0 Å². The summed E-state index contributed by atoms with van der Waals surface area (Å²) in [6, 6.07) is 15.9. The van der Waals surface area contributed by atoms with Crippen LogP contribution in [0, 0.1) is 24.7 Å². The Morgan fingerprint density at radius 3 is 1.17 bits per heavy atom. The molecule has 0 bridgehead atoms. The fraction of sp³-hybridized carbons (Fsp3) is 0.273. The average molecular weight is 357 g/mol. The zero-order chi connectivity index (χ0) is 16.2. The molecule has 24 heavy (non-hydrogen) atoms. The minimum Gasteiger partial charge on any atom is -0.366 e. The Labute approximate surface area is 170 Å². The predicted octanol–water partition coefficient (Wildman–Crippen LogP) is 4.77. The van der Waals surface area contributed by atoms with Crippen molar-refractivity contribution in [2.24, 2.45) is 0 Å². The van der Waals surface area contributed by atoms with Crippen LogP contribution in [-0.4, -0.2) is 18.9 Å². The van der Waals surface area contributed by atoms with Gasteiger partial charge in [0.05, 0.1) is 0 Å². The molecule has 0 atom stereocenters. The van der Waals surface area contributed by atoms with Crippen LogP contribution < -0.4 is 0 Å². The van der Waals surface area contributed by atoms with Crippen molar-refractivity contribution in [1.82, 2.24) is 0 Å². The second-order valence-corrected chi connectivity index (χ2v) is 5.14. The maximum atomic E-state index is 6.87. The van der Waals surface area contributed by atoms with Crippen molar-refractivity contribution in [2.75, 3.05) is 0 Å². The fourth-order valence-electron chi connectivity index (χ4n) is 2.09. The van der Waals surface area contributed by atoms with Crippen molar-refractivity contribution >= 4 is 18.9 Å². The molecule has 0 saturated heterocycles. The third kappa shape index (κ3) is 9.73. The van der Waals surface area contributed by atoms with E-state index in [4.69, 9.17) is 12.8 Å². The molecule has 0 nitrogen and oxygen atoms in total. The minimum absolute atomic E-state index is 0. The Balaban J connectivity index is 0. The summed E-state index contributed by atoms with van der Waals surface area (Å²) >= 11 is 0. The third-order valence-electron chi connectivity index (χ3n) is 3.27. The van der Waals surface area contributed by atoms with Crippen LogP contribution in [0.15, 0.2) is 48.5 Å². The molecule has 2 aromatic carbocycles. The standard InChI is InChI=1S/2C11H11.Cu.Li/c2*1-3-5-11-8-6-10(4-2)7-9-11;;/h2*6-9H,3,5H2,1H3;;/q2*-1;+2;. The molecule has 0 aromatic heterocycles. The molecule has 0 N–H and O–H groups in total. The molecule has 0 amide bonds. The van der Waals surface area contributed by atoms with Crippen LogP contribution in [0.2, 0.25) is 0 Å². The molecule has 2 aromatic rings. The molecule has 2 radical (unpaired) electrons. The van der Waals surface area contributed by atoms with Crippen molar-refractivity contribution in [3.8, 4) is 11.8 Å². The largest absolute Gasteiger partial charge is 2.00 e. The molecule has 122 valence electrons. The molecule has 2 rings (SSSR count). The van der Waals surface area contributed by atoms with Gasteiger partial charge in [-0.3, -0.25) is 11.8 Å². The summed E-state index contributed by atoms with van der Waals surface area (Å²) in [5.74, 6) is 4.69. The van der Waals surface area contributed by atoms with Gasteiger partial charge in [-0.2, -0.15) is 0 Å². The molecule has 0 heterocycles. The summed E-state index contributed by atoms with van der Waals surface area (Å²) in [5, 5.41) is 0. The van der Waals surface area contributed by atoms with E-state index in [1.54, 1.807) is 0 Å². The Morgan fingerprint density at radius 2 is 0.958 bits per heavy atom. The van der Waals surface area contributed by atoms with Crippen molar-refractivity contribution < 1.29 is 17.1 Å². The topological polar surface area (TPSA) is 0 Å². The molecule has 0 spiro atoms. The second kappa shape index (κ2) is 15.2. The number of aryl methyl sites for hydroxylation is 2. The van der Waals surface area contributed by atoms with Crippen LogP contribution in [0.3, 0.4) is 0 Å². The van der Waals surface area contributed by atoms with Crippen molar-refractivity contribution in [1.29, 1.82) is 0 Å². The average Bonchev–Trinajstić information content (AvgIpc) is 2.57. The van der Waals surface area contributed by atoms with Crippen molar-refractivity contribution in [2.45, 2.75) is 39.5 Å². The number of hydrogen-bond donors (Lipinski definition) is 0. The van der Waals surface area contributed by atoms with E-state index in [0.717, 1.165) is 24.0 Å². The Hall–Kier alpha value is -1.32. The van der Waals surface area contributed by atoms with Gasteiger partial charge in [-0.25, -0.2) is 0 Å². The first kappa shape index (κ1) is 24.9. The van der Waals surface area contributed by atoms with Crippen LogP contribution in [0.25, 0.3) is 0 Å². The molecule has 0 aliphatic heterocycles. The van der Waals surface area contributed by atoms with Crippen LogP contribution >= 0.6 is 0 Å². The Kier molecular flexibility index (Phi) is 15.8. The SMILES string of the molecule is [C-]#Cc1ccc(CCC)cc1.[C-]#Cc1ccc(CCC)cc1.[Cu+2].[Li]. The van der Waals surface area contributed by atoms with Crippen LogP contribution in [0.1, 0.15) is 48.9 Å². The van der Waals surface area contributed by atoms with E-state index in [-0.39, 0.29) is 35.9 Å². The fourth-order valence-corrected chi connectivity index (χ4v) is 2.09. The van der Waals surface area contributed by atoms with E-state index in [2.05, 4.69) is 50.0 Å². The maximum absolute atomic E-state index is 6.87. The van der Waals surface area contributed by atoms with Crippen LogP contribution in [0.4, 0.5) is 0 Å². The van der Waals surface area contributed by atoms with Crippen molar-refractivity contribution in [3.05, 3.63) is 83.6 Å². The summed E-state index contributed by atoms with van der Waals surface area (Å²) < 4.78 is 0. The molecule has 0 fully saturated rings. The van der Waals surface area contributed by atoms with E-state index in [9.17, 15) is 0 Å². The van der Waals surface area contributed by atoms with Gasteiger partial charge in [-0.15, -0.1) is 35.4 Å². The van der Waals surface area contributed by atoms with E-state index in [1.165, 1.54) is 24.0 Å². The van der Waals surface area contributed by atoms with E-state index in [1.807, 2.05) is 24.3 Å². The van der Waals surface area contributed by atoms with Gasteiger partial charge in [0.25, 0.3) is 0 Å². The second-order valence-electron chi connectivity index (χ2n) is 5.14. The third-order valence-corrected chi connectivity index (χ3v) is 3.27. The van der Waals surface area contributed by atoms with Gasteiger partial charge in [0, 0.05) is 18.9 Å². The summed E-state index contributed by atoms with van der Waals surface area (Å²) in [4.78, 5) is 0. The van der Waals surface area contributed by atoms with Gasteiger partial charge >= 0.3 is 17.1 Å².